The Morgan fingerprint density at radius 1 is 1.31 bits per heavy atom. The van der Waals surface area contributed by atoms with Gasteiger partial charge in [0, 0.05) is 11.1 Å². The third-order valence-electron chi connectivity index (χ3n) is 1.75. The van der Waals surface area contributed by atoms with Crippen molar-refractivity contribution < 1.29 is 4.79 Å². The molecule has 1 aromatic rings. The molecule has 0 aliphatic heterocycles. The topological polar surface area (TPSA) is 42.9 Å². The lowest BCUT2D eigenvalue weighted by atomic mass is 9.91. The Morgan fingerprint density at radius 2 is 1.92 bits per heavy atom. The zero-order valence-electron chi connectivity index (χ0n) is 8.46. The van der Waals surface area contributed by atoms with Gasteiger partial charge in [0.1, 0.15) is 0 Å². The molecule has 1 heterocycles. The first-order chi connectivity index (χ1) is 5.93. The number of rotatable bonds is 1. The molecule has 0 unspecified atom stereocenters. The second-order valence-corrected chi connectivity index (χ2v) is 4.12. The lowest BCUT2D eigenvalue weighted by Crippen LogP contribution is -2.15. The van der Waals surface area contributed by atoms with Gasteiger partial charge in [0.15, 0.2) is 12.1 Å². The molecule has 0 aliphatic carbocycles. The van der Waals surface area contributed by atoms with E-state index < -0.39 is 0 Å². The first kappa shape index (κ1) is 9.84. The summed E-state index contributed by atoms with van der Waals surface area (Å²) in [6.45, 7) is 8.04. The summed E-state index contributed by atoms with van der Waals surface area (Å²) >= 11 is 0. The fourth-order valence-electron chi connectivity index (χ4n) is 1.03. The summed E-state index contributed by atoms with van der Waals surface area (Å²) in [5.41, 5.74) is 1.70. The van der Waals surface area contributed by atoms with Crippen molar-refractivity contribution in [1.29, 1.82) is 0 Å². The van der Waals surface area contributed by atoms with Gasteiger partial charge in [-0.2, -0.15) is 0 Å². The first-order valence-electron chi connectivity index (χ1n) is 4.25. The number of aldehydes is 1. The Hall–Kier alpha value is -1.25. The normalized spacial score (nSPS) is 11.4. The zero-order chi connectivity index (χ0) is 10.1. The molecule has 0 atom stereocenters. The standard InChI is InChI=1S/C10H14N2O/c1-7-5-8(10(2,3)4)12-9(6-13)11-7/h5-6H,1-4H3. The Labute approximate surface area is 78.2 Å². The van der Waals surface area contributed by atoms with Crippen LogP contribution in [-0.4, -0.2) is 16.3 Å². The van der Waals surface area contributed by atoms with Crippen LogP contribution in [0.4, 0.5) is 0 Å². The minimum absolute atomic E-state index is 0.0363. The molecule has 1 rings (SSSR count). The monoisotopic (exact) mass is 178 g/mol. The lowest BCUT2D eigenvalue weighted by molar-refractivity contribution is 0.111. The van der Waals surface area contributed by atoms with Crippen LogP contribution in [0.1, 0.15) is 42.8 Å². The molecular formula is C10H14N2O. The third-order valence-corrected chi connectivity index (χ3v) is 1.75. The van der Waals surface area contributed by atoms with Gasteiger partial charge in [-0.05, 0) is 13.0 Å². The second-order valence-electron chi connectivity index (χ2n) is 4.12. The summed E-state index contributed by atoms with van der Waals surface area (Å²) in [5, 5.41) is 0. The Bertz CT molecular complexity index is 326. The molecule has 0 fully saturated rings. The van der Waals surface area contributed by atoms with Crippen LogP contribution in [-0.2, 0) is 5.41 Å². The molecule has 0 radical (unpaired) electrons. The van der Waals surface area contributed by atoms with Crippen LogP contribution in [0.5, 0.6) is 0 Å². The van der Waals surface area contributed by atoms with E-state index in [1.54, 1.807) is 0 Å². The number of hydrogen-bond acceptors (Lipinski definition) is 3. The number of aryl methyl sites for hydroxylation is 1. The molecule has 13 heavy (non-hydrogen) atoms. The Morgan fingerprint density at radius 3 is 2.38 bits per heavy atom. The van der Waals surface area contributed by atoms with Crippen LogP contribution in [0, 0.1) is 6.92 Å². The fourth-order valence-corrected chi connectivity index (χ4v) is 1.03. The molecule has 1 aromatic heterocycles. The highest BCUT2D eigenvalue weighted by molar-refractivity contribution is 5.68. The van der Waals surface area contributed by atoms with Crippen molar-refractivity contribution in [3.63, 3.8) is 0 Å². The quantitative estimate of drug-likeness (QED) is 0.617. The summed E-state index contributed by atoms with van der Waals surface area (Å²) in [6, 6.07) is 1.91. The molecule has 70 valence electrons. The average Bonchev–Trinajstić information content (AvgIpc) is 2.01. The summed E-state index contributed by atoms with van der Waals surface area (Å²) in [4.78, 5) is 18.6. The smallest absolute Gasteiger partial charge is 0.193 e. The number of nitrogens with zero attached hydrogens (tertiary/aromatic N) is 2. The minimum atomic E-state index is -0.0363. The number of aromatic nitrogens is 2. The number of carbonyl (C=O) groups is 1. The fraction of sp³-hybridized carbons (Fsp3) is 0.500. The second kappa shape index (κ2) is 3.24. The summed E-state index contributed by atoms with van der Waals surface area (Å²) in [5.74, 6) is 0.268. The predicted octanol–water partition coefficient (Wildman–Crippen LogP) is 1.90. The van der Waals surface area contributed by atoms with Gasteiger partial charge in [0.2, 0.25) is 0 Å². The largest absolute Gasteiger partial charge is 0.294 e. The van der Waals surface area contributed by atoms with Crippen LogP contribution in [0.2, 0.25) is 0 Å². The highest BCUT2D eigenvalue weighted by Gasteiger charge is 2.16. The summed E-state index contributed by atoms with van der Waals surface area (Å²) < 4.78 is 0. The van der Waals surface area contributed by atoms with Crippen LogP contribution in [0.25, 0.3) is 0 Å². The van der Waals surface area contributed by atoms with E-state index in [2.05, 4.69) is 30.7 Å². The van der Waals surface area contributed by atoms with Gasteiger partial charge in [0.05, 0.1) is 5.69 Å². The van der Waals surface area contributed by atoms with E-state index in [0.717, 1.165) is 11.4 Å². The minimum Gasteiger partial charge on any atom is -0.294 e. The first-order valence-corrected chi connectivity index (χ1v) is 4.25. The van der Waals surface area contributed by atoms with E-state index in [9.17, 15) is 4.79 Å². The summed E-state index contributed by atoms with van der Waals surface area (Å²) in [6.07, 6.45) is 0.683. The predicted molar refractivity (Wildman–Crippen MR) is 50.9 cm³/mol. The van der Waals surface area contributed by atoms with E-state index in [1.807, 2.05) is 13.0 Å². The van der Waals surface area contributed by atoms with Crippen LogP contribution < -0.4 is 0 Å². The third kappa shape index (κ3) is 2.34. The van der Waals surface area contributed by atoms with Crippen LogP contribution in [0.3, 0.4) is 0 Å². The van der Waals surface area contributed by atoms with Crippen molar-refractivity contribution in [1.82, 2.24) is 9.97 Å². The lowest BCUT2D eigenvalue weighted by Gasteiger charge is -2.17. The van der Waals surface area contributed by atoms with Gasteiger partial charge in [0.25, 0.3) is 0 Å². The van der Waals surface area contributed by atoms with Crippen molar-refractivity contribution in [2.75, 3.05) is 0 Å². The molecule has 0 N–H and O–H groups in total. The molecule has 0 aliphatic rings. The SMILES string of the molecule is Cc1cc(C(C)(C)C)nc(C=O)n1. The van der Waals surface area contributed by atoms with Crippen molar-refractivity contribution >= 4 is 6.29 Å². The van der Waals surface area contributed by atoms with Gasteiger partial charge in [-0.1, -0.05) is 20.8 Å². The highest BCUT2D eigenvalue weighted by Crippen LogP contribution is 2.19. The number of hydrogen-bond donors (Lipinski definition) is 0. The molecule has 0 aromatic carbocycles. The van der Waals surface area contributed by atoms with Crippen molar-refractivity contribution in [2.24, 2.45) is 0 Å². The summed E-state index contributed by atoms with van der Waals surface area (Å²) in [7, 11) is 0. The van der Waals surface area contributed by atoms with E-state index in [-0.39, 0.29) is 11.2 Å². The maximum absolute atomic E-state index is 10.5. The maximum atomic E-state index is 10.5. The van der Waals surface area contributed by atoms with Gasteiger partial charge in [-0.15, -0.1) is 0 Å². The molecule has 0 spiro atoms. The molecule has 0 saturated heterocycles. The Kier molecular flexibility index (Phi) is 2.45. The van der Waals surface area contributed by atoms with Gasteiger partial charge in [-0.3, -0.25) is 4.79 Å². The van der Waals surface area contributed by atoms with Gasteiger partial charge in [-0.25, -0.2) is 9.97 Å². The van der Waals surface area contributed by atoms with Gasteiger partial charge >= 0.3 is 0 Å². The molecule has 0 bridgehead atoms. The molecule has 0 saturated carbocycles. The van der Waals surface area contributed by atoms with E-state index in [1.165, 1.54) is 0 Å². The van der Waals surface area contributed by atoms with Crippen molar-refractivity contribution in [2.45, 2.75) is 33.1 Å². The molecular weight excluding hydrogens is 164 g/mol. The average molecular weight is 178 g/mol. The van der Waals surface area contributed by atoms with Gasteiger partial charge < -0.3 is 0 Å². The van der Waals surface area contributed by atoms with Crippen molar-refractivity contribution in [3.05, 3.63) is 23.3 Å². The molecule has 0 amide bonds. The van der Waals surface area contributed by atoms with Crippen LogP contribution in [0.15, 0.2) is 6.07 Å². The molecule has 3 heteroatoms. The number of carbonyl (C=O) groups excluding carboxylic acids is 1. The van der Waals surface area contributed by atoms with E-state index in [4.69, 9.17) is 0 Å². The van der Waals surface area contributed by atoms with E-state index in [0.29, 0.717) is 6.29 Å². The highest BCUT2D eigenvalue weighted by atomic mass is 16.1. The zero-order valence-corrected chi connectivity index (χ0v) is 8.46. The Balaban J connectivity index is 3.24. The molecule has 3 nitrogen and oxygen atoms in total. The van der Waals surface area contributed by atoms with Crippen LogP contribution >= 0.6 is 0 Å². The maximum Gasteiger partial charge on any atom is 0.193 e. The van der Waals surface area contributed by atoms with E-state index >= 15 is 0 Å². The van der Waals surface area contributed by atoms with Crippen molar-refractivity contribution in [3.8, 4) is 0 Å².